The zero-order chi connectivity index (χ0) is 18.9. The van der Waals surface area contributed by atoms with Crippen LogP contribution in [0.25, 0.3) is 0 Å². The van der Waals surface area contributed by atoms with E-state index in [1.165, 1.54) is 17.8 Å². The summed E-state index contributed by atoms with van der Waals surface area (Å²) in [5.41, 5.74) is 7.22. The number of para-hydroxylation sites is 1. The number of thioether (sulfide) groups is 1. The van der Waals surface area contributed by atoms with Gasteiger partial charge in [0.1, 0.15) is 0 Å². The first-order valence-electron chi connectivity index (χ1n) is 8.25. The van der Waals surface area contributed by atoms with E-state index < -0.39 is 5.97 Å². The third-order valence-corrected chi connectivity index (χ3v) is 4.90. The lowest BCUT2D eigenvalue weighted by Gasteiger charge is -2.10. The van der Waals surface area contributed by atoms with Crippen molar-refractivity contribution >= 4 is 46.6 Å². The minimum Gasteiger partial charge on any atom is -0.462 e. The zero-order valence-electron chi connectivity index (χ0n) is 14.5. The molecule has 5 nitrogen and oxygen atoms in total. The van der Waals surface area contributed by atoms with Crippen molar-refractivity contribution in [2.24, 2.45) is 0 Å². The number of rotatable bonds is 8. The van der Waals surface area contributed by atoms with Gasteiger partial charge in [0, 0.05) is 16.3 Å². The molecular formula is C19H21ClN2O3S. The highest BCUT2D eigenvalue weighted by Gasteiger charge is 2.14. The largest absolute Gasteiger partial charge is 0.462 e. The molecule has 2 aromatic rings. The van der Waals surface area contributed by atoms with Crippen LogP contribution in [-0.2, 0) is 9.53 Å². The van der Waals surface area contributed by atoms with Gasteiger partial charge in [0.15, 0.2) is 0 Å². The average molecular weight is 393 g/mol. The number of halogens is 1. The number of carbonyl (C=O) groups is 2. The molecule has 26 heavy (non-hydrogen) atoms. The van der Waals surface area contributed by atoms with Crippen molar-refractivity contribution in [2.75, 3.05) is 23.4 Å². The van der Waals surface area contributed by atoms with Gasteiger partial charge in [-0.2, -0.15) is 0 Å². The van der Waals surface area contributed by atoms with Gasteiger partial charge in [0.2, 0.25) is 5.91 Å². The standard InChI is InChI=1S/C19H21ClN2O3S/c1-2-3-10-25-19(24)14-11-13(8-9-15(14)20)22-18(23)12-26-17-7-5-4-6-16(17)21/h4-9,11H,2-3,10,12,21H2,1H3,(H,22,23). The lowest BCUT2D eigenvalue weighted by atomic mass is 10.2. The van der Waals surface area contributed by atoms with Crippen LogP contribution in [-0.4, -0.2) is 24.2 Å². The topological polar surface area (TPSA) is 81.4 Å². The fraction of sp³-hybridized carbons (Fsp3) is 0.263. The van der Waals surface area contributed by atoms with E-state index in [0.29, 0.717) is 18.0 Å². The van der Waals surface area contributed by atoms with E-state index in [1.54, 1.807) is 18.2 Å². The lowest BCUT2D eigenvalue weighted by Crippen LogP contribution is -2.15. The number of hydrogen-bond donors (Lipinski definition) is 2. The summed E-state index contributed by atoms with van der Waals surface area (Å²) in [5, 5.41) is 3.04. The highest BCUT2D eigenvalue weighted by atomic mass is 35.5. The molecule has 7 heteroatoms. The van der Waals surface area contributed by atoms with Gasteiger partial charge in [-0.25, -0.2) is 4.79 Å². The van der Waals surface area contributed by atoms with E-state index >= 15 is 0 Å². The molecule has 0 aliphatic rings. The second-order valence-electron chi connectivity index (χ2n) is 5.56. The summed E-state index contributed by atoms with van der Waals surface area (Å²) in [5.74, 6) is -0.496. The molecule has 0 atom stereocenters. The van der Waals surface area contributed by atoms with Crippen LogP contribution >= 0.6 is 23.4 Å². The molecule has 138 valence electrons. The maximum absolute atomic E-state index is 12.2. The number of anilines is 2. The van der Waals surface area contributed by atoms with Gasteiger partial charge in [0.05, 0.1) is 22.9 Å². The van der Waals surface area contributed by atoms with Crippen molar-refractivity contribution in [1.29, 1.82) is 0 Å². The van der Waals surface area contributed by atoms with Crippen molar-refractivity contribution in [1.82, 2.24) is 0 Å². The highest BCUT2D eigenvalue weighted by molar-refractivity contribution is 8.00. The first-order chi connectivity index (χ1) is 12.5. The van der Waals surface area contributed by atoms with Gasteiger partial charge in [0.25, 0.3) is 0 Å². The van der Waals surface area contributed by atoms with E-state index in [9.17, 15) is 9.59 Å². The molecule has 1 amide bonds. The molecule has 0 aromatic heterocycles. The summed E-state index contributed by atoms with van der Waals surface area (Å²) < 4.78 is 5.17. The summed E-state index contributed by atoms with van der Waals surface area (Å²) in [6, 6.07) is 12.1. The van der Waals surface area contributed by atoms with Crippen LogP contribution < -0.4 is 11.1 Å². The molecule has 0 saturated carbocycles. The number of hydrogen-bond acceptors (Lipinski definition) is 5. The van der Waals surface area contributed by atoms with Gasteiger partial charge in [-0.1, -0.05) is 37.1 Å². The molecule has 0 unspecified atom stereocenters. The number of nitrogen functional groups attached to an aromatic ring is 1. The number of esters is 1. The Bertz CT molecular complexity index is 783. The number of benzene rings is 2. The Kier molecular flexibility index (Phi) is 7.81. The third-order valence-electron chi connectivity index (χ3n) is 3.48. The Morgan fingerprint density at radius 1 is 1.23 bits per heavy atom. The van der Waals surface area contributed by atoms with Gasteiger partial charge < -0.3 is 15.8 Å². The fourth-order valence-corrected chi connectivity index (χ4v) is 3.06. The van der Waals surface area contributed by atoms with E-state index in [0.717, 1.165) is 17.7 Å². The summed E-state index contributed by atoms with van der Waals surface area (Å²) in [6.45, 7) is 2.36. The number of unbranched alkanes of at least 4 members (excludes halogenated alkanes) is 1. The monoisotopic (exact) mass is 392 g/mol. The van der Waals surface area contributed by atoms with Crippen molar-refractivity contribution in [3.63, 3.8) is 0 Å². The summed E-state index contributed by atoms with van der Waals surface area (Å²) >= 11 is 7.41. The molecule has 0 saturated heterocycles. The van der Waals surface area contributed by atoms with Crippen LogP contribution in [0.1, 0.15) is 30.1 Å². The molecule has 3 N–H and O–H groups in total. The number of nitrogens with one attached hydrogen (secondary N) is 1. The predicted molar refractivity (Wildman–Crippen MR) is 107 cm³/mol. The Morgan fingerprint density at radius 3 is 2.73 bits per heavy atom. The summed E-state index contributed by atoms with van der Waals surface area (Å²) in [6.07, 6.45) is 1.72. The Balaban J connectivity index is 1.96. The van der Waals surface area contributed by atoms with Crippen LogP contribution in [0.4, 0.5) is 11.4 Å². The Labute approximate surface area is 162 Å². The van der Waals surface area contributed by atoms with Crippen LogP contribution in [0, 0.1) is 0 Å². The number of carbonyl (C=O) groups excluding carboxylic acids is 2. The van der Waals surface area contributed by atoms with Crippen molar-refractivity contribution in [3.05, 3.63) is 53.1 Å². The Hall–Kier alpha value is -2.18. The van der Waals surface area contributed by atoms with Crippen molar-refractivity contribution < 1.29 is 14.3 Å². The number of amides is 1. The zero-order valence-corrected chi connectivity index (χ0v) is 16.0. The number of ether oxygens (including phenoxy) is 1. The third kappa shape index (κ3) is 5.97. The van der Waals surface area contributed by atoms with Gasteiger partial charge in [-0.3, -0.25) is 4.79 Å². The SMILES string of the molecule is CCCCOC(=O)c1cc(NC(=O)CSc2ccccc2N)ccc1Cl. The first kappa shape index (κ1) is 20.1. The Morgan fingerprint density at radius 2 is 2.00 bits per heavy atom. The minimum atomic E-state index is -0.494. The van der Waals surface area contributed by atoms with Crippen molar-refractivity contribution in [3.8, 4) is 0 Å². The molecule has 2 aromatic carbocycles. The van der Waals surface area contributed by atoms with Crippen LogP contribution in [0.15, 0.2) is 47.4 Å². The fourth-order valence-electron chi connectivity index (χ4n) is 2.10. The average Bonchev–Trinajstić information content (AvgIpc) is 2.62. The molecular weight excluding hydrogens is 372 g/mol. The molecule has 0 spiro atoms. The number of nitrogens with two attached hydrogens (primary N) is 1. The van der Waals surface area contributed by atoms with Crippen LogP contribution in [0.2, 0.25) is 5.02 Å². The van der Waals surface area contributed by atoms with Crippen LogP contribution in [0.3, 0.4) is 0 Å². The quantitative estimate of drug-likeness (QED) is 0.296. The molecule has 0 aliphatic heterocycles. The predicted octanol–water partition coefficient (Wildman–Crippen LogP) is 4.61. The van der Waals surface area contributed by atoms with E-state index in [-0.39, 0.29) is 22.2 Å². The summed E-state index contributed by atoms with van der Waals surface area (Å²) in [7, 11) is 0. The molecule has 2 rings (SSSR count). The van der Waals surface area contributed by atoms with Crippen LogP contribution in [0.5, 0.6) is 0 Å². The molecule has 0 aliphatic carbocycles. The van der Waals surface area contributed by atoms with E-state index in [2.05, 4.69) is 5.32 Å². The minimum absolute atomic E-state index is 0.202. The molecule has 0 fully saturated rings. The second-order valence-corrected chi connectivity index (χ2v) is 6.98. The smallest absolute Gasteiger partial charge is 0.339 e. The van der Waals surface area contributed by atoms with Gasteiger partial charge in [-0.15, -0.1) is 11.8 Å². The van der Waals surface area contributed by atoms with Gasteiger partial charge >= 0.3 is 5.97 Å². The lowest BCUT2D eigenvalue weighted by molar-refractivity contribution is -0.113. The maximum Gasteiger partial charge on any atom is 0.339 e. The maximum atomic E-state index is 12.2. The first-order valence-corrected chi connectivity index (χ1v) is 9.61. The van der Waals surface area contributed by atoms with Gasteiger partial charge in [-0.05, 0) is 36.8 Å². The summed E-state index contributed by atoms with van der Waals surface area (Å²) in [4.78, 5) is 25.1. The normalized spacial score (nSPS) is 10.4. The molecule has 0 radical (unpaired) electrons. The molecule has 0 heterocycles. The second kappa shape index (κ2) is 10.1. The molecule has 0 bridgehead atoms. The van der Waals surface area contributed by atoms with E-state index in [1.807, 2.05) is 25.1 Å². The highest BCUT2D eigenvalue weighted by Crippen LogP contribution is 2.25. The van der Waals surface area contributed by atoms with Crippen molar-refractivity contribution in [2.45, 2.75) is 24.7 Å². The van der Waals surface area contributed by atoms with E-state index in [4.69, 9.17) is 22.1 Å².